The zero-order valence-electron chi connectivity index (χ0n) is 13.9. The van der Waals surface area contributed by atoms with Crippen molar-refractivity contribution in [3.8, 4) is 0 Å². The lowest BCUT2D eigenvalue weighted by molar-refractivity contribution is -0.163. The predicted molar refractivity (Wildman–Crippen MR) is 82.8 cm³/mol. The Morgan fingerprint density at radius 3 is 2.77 bits per heavy atom. The summed E-state index contributed by atoms with van der Waals surface area (Å²) < 4.78 is 19.4. The second-order valence-electron chi connectivity index (χ2n) is 7.51. The molecule has 1 aliphatic heterocycles. The molecule has 1 saturated heterocycles. The van der Waals surface area contributed by atoms with E-state index in [1.807, 2.05) is 34.6 Å². The molecule has 0 bridgehead atoms. The number of nitrogens with zero attached hydrogens (tertiary/aromatic N) is 1. The summed E-state index contributed by atoms with van der Waals surface area (Å²) >= 11 is 0. The molecule has 1 N–H and O–H groups in total. The molecular weight excluding hydrogens is 283 g/mol. The lowest BCUT2D eigenvalue weighted by atomic mass is 9.80. The van der Waals surface area contributed by atoms with Gasteiger partial charge in [0.2, 0.25) is 0 Å². The highest BCUT2D eigenvalue weighted by Gasteiger charge is 2.48. The minimum absolute atomic E-state index is 0.0331. The Bertz CT molecular complexity index is 552. The van der Waals surface area contributed by atoms with Crippen LogP contribution < -0.4 is 5.32 Å². The zero-order chi connectivity index (χ0) is 16.5. The van der Waals surface area contributed by atoms with Crippen LogP contribution in [0.3, 0.4) is 0 Å². The van der Waals surface area contributed by atoms with Crippen molar-refractivity contribution in [3.05, 3.63) is 29.8 Å². The third kappa shape index (κ3) is 3.83. The van der Waals surface area contributed by atoms with Gasteiger partial charge in [0.1, 0.15) is 11.4 Å². The molecule has 0 spiro atoms. The van der Waals surface area contributed by atoms with E-state index in [0.717, 1.165) is 0 Å². The fourth-order valence-corrected chi connectivity index (χ4v) is 3.07. The van der Waals surface area contributed by atoms with Crippen molar-refractivity contribution >= 4 is 5.97 Å². The van der Waals surface area contributed by atoms with Crippen LogP contribution in [0.4, 0.5) is 4.39 Å². The monoisotopic (exact) mass is 308 g/mol. The Morgan fingerprint density at radius 1 is 1.50 bits per heavy atom. The van der Waals surface area contributed by atoms with Crippen molar-refractivity contribution in [2.75, 3.05) is 6.54 Å². The third-order valence-electron chi connectivity index (χ3n) is 4.02. The largest absolute Gasteiger partial charge is 0.460 e. The van der Waals surface area contributed by atoms with Gasteiger partial charge in [-0.1, -0.05) is 0 Å². The molecule has 22 heavy (non-hydrogen) atoms. The SMILES string of the molecule is CC(C)(C)OC(=O)C1[C@H](Cc2ncccc2F)CNC1(C)C. The highest BCUT2D eigenvalue weighted by molar-refractivity contribution is 5.75. The molecule has 1 aromatic heterocycles. The summed E-state index contributed by atoms with van der Waals surface area (Å²) in [6, 6.07) is 2.97. The van der Waals surface area contributed by atoms with Gasteiger partial charge in [0, 0.05) is 11.7 Å². The molecular formula is C17H25FN2O2. The summed E-state index contributed by atoms with van der Waals surface area (Å²) in [4.78, 5) is 16.7. The molecule has 1 unspecified atom stereocenters. The number of esters is 1. The lowest BCUT2D eigenvalue weighted by Gasteiger charge is -2.31. The van der Waals surface area contributed by atoms with Crippen molar-refractivity contribution < 1.29 is 13.9 Å². The Hall–Kier alpha value is -1.49. The molecule has 5 heteroatoms. The lowest BCUT2D eigenvalue weighted by Crippen LogP contribution is -2.45. The molecule has 1 aromatic rings. The molecule has 0 saturated carbocycles. The Kier molecular flexibility index (Phi) is 4.57. The van der Waals surface area contributed by atoms with Crippen molar-refractivity contribution in [2.24, 2.45) is 11.8 Å². The van der Waals surface area contributed by atoms with E-state index in [0.29, 0.717) is 18.7 Å². The summed E-state index contributed by atoms with van der Waals surface area (Å²) in [5.74, 6) is -0.915. The second-order valence-corrected chi connectivity index (χ2v) is 7.51. The van der Waals surface area contributed by atoms with Crippen molar-refractivity contribution in [1.29, 1.82) is 0 Å². The smallest absolute Gasteiger partial charge is 0.311 e. The summed E-state index contributed by atoms with van der Waals surface area (Å²) in [6.07, 6.45) is 2.00. The Labute approximate surface area is 131 Å². The molecule has 0 aromatic carbocycles. The standard InChI is InChI=1S/C17H25FN2O2/c1-16(2,3)22-15(21)14-11(10-20-17(14,4)5)9-13-12(18)7-6-8-19-13/h6-8,11,14,20H,9-10H2,1-5H3/t11-,14?/m1/s1. The van der Waals surface area contributed by atoms with Crippen LogP contribution in [0.15, 0.2) is 18.3 Å². The van der Waals surface area contributed by atoms with E-state index in [2.05, 4.69) is 10.3 Å². The number of carbonyl (C=O) groups is 1. The summed E-state index contributed by atoms with van der Waals surface area (Å²) in [6.45, 7) is 10.2. The van der Waals surface area contributed by atoms with Gasteiger partial charge in [0.25, 0.3) is 0 Å². The van der Waals surface area contributed by atoms with Crippen LogP contribution in [0, 0.1) is 17.7 Å². The first-order valence-electron chi connectivity index (χ1n) is 7.67. The number of aromatic nitrogens is 1. The number of ether oxygens (including phenoxy) is 1. The van der Waals surface area contributed by atoms with Gasteiger partial charge < -0.3 is 10.1 Å². The van der Waals surface area contributed by atoms with Crippen LogP contribution in [0.2, 0.25) is 0 Å². The van der Waals surface area contributed by atoms with Crippen LogP contribution >= 0.6 is 0 Å². The minimum Gasteiger partial charge on any atom is -0.460 e. The van der Waals surface area contributed by atoms with Crippen LogP contribution in [0.5, 0.6) is 0 Å². The van der Waals surface area contributed by atoms with Crippen LogP contribution in [-0.4, -0.2) is 28.6 Å². The average molecular weight is 308 g/mol. The van der Waals surface area contributed by atoms with Gasteiger partial charge in [-0.2, -0.15) is 0 Å². The van der Waals surface area contributed by atoms with Crippen molar-refractivity contribution in [1.82, 2.24) is 10.3 Å². The van der Waals surface area contributed by atoms with Gasteiger partial charge in [-0.05, 0) is 65.6 Å². The van der Waals surface area contributed by atoms with Gasteiger partial charge >= 0.3 is 5.97 Å². The molecule has 0 amide bonds. The van der Waals surface area contributed by atoms with Gasteiger partial charge in [-0.3, -0.25) is 9.78 Å². The summed E-state index contributed by atoms with van der Waals surface area (Å²) in [7, 11) is 0. The van der Waals surface area contributed by atoms with Gasteiger partial charge in [0.15, 0.2) is 0 Å². The average Bonchev–Trinajstić information content (AvgIpc) is 2.65. The van der Waals surface area contributed by atoms with Crippen LogP contribution in [0.25, 0.3) is 0 Å². The van der Waals surface area contributed by atoms with E-state index in [-0.39, 0.29) is 29.2 Å². The molecule has 1 aliphatic rings. The maximum absolute atomic E-state index is 13.8. The number of halogens is 1. The number of hydrogen-bond acceptors (Lipinski definition) is 4. The zero-order valence-corrected chi connectivity index (χ0v) is 13.9. The number of pyridine rings is 1. The molecule has 1 fully saturated rings. The van der Waals surface area contributed by atoms with Crippen LogP contribution in [0.1, 0.15) is 40.3 Å². The topological polar surface area (TPSA) is 51.2 Å². The quantitative estimate of drug-likeness (QED) is 0.872. The molecule has 4 nitrogen and oxygen atoms in total. The number of carbonyl (C=O) groups excluding carboxylic acids is 1. The first kappa shape index (κ1) is 16.9. The van der Waals surface area contributed by atoms with E-state index < -0.39 is 5.60 Å². The fraction of sp³-hybridized carbons (Fsp3) is 0.647. The second kappa shape index (κ2) is 5.95. The van der Waals surface area contributed by atoms with Crippen molar-refractivity contribution in [2.45, 2.75) is 52.2 Å². The fourth-order valence-electron chi connectivity index (χ4n) is 3.07. The van der Waals surface area contributed by atoms with Crippen LogP contribution in [-0.2, 0) is 16.0 Å². The van der Waals surface area contributed by atoms with Gasteiger partial charge in [-0.25, -0.2) is 4.39 Å². The molecule has 122 valence electrons. The van der Waals surface area contributed by atoms with E-state index in [9.17, 15) is 9.18 Å². The molecule has 2 heterocycles. The first-order valence-corrected chi connectivity index (χ1v) is 7.67. The van der Waals surface area contributed by atoms with Gasteiger partial charge in [0.05, 0.1) is 11.6 Å². The van der Waals surface area contributed by atoms with E-state index in [4.69, 9.17) is 4.74 Å². The molecule has 0 aliphatic carbocycles. The highest BCUT2D eigenvalue weighted by Crippen LogP contribution is 2.35. The number of nitrogens with one attached hydrogen (secondary N) is 1. The number of rotatable bonds is 3. The van der Waals surface area contributed by atoms with Crippen molar-refractivity contribution in [3.63, 3.8) is 0 Å². The minimum atomic E-state index is -0.531. The molecule has 2 rings (SSSR count). The van der Waals surface area contributed by atoms with Gasteiger partial charge in [-0.15, -0.1) is 0 Å². The molecule has 2 atom stereocenters. The summed E-state index contributed by atoms with van der Waals surface area (Å²) in [5, 5.41) is 3.35. The molecule has 0 radical (unpaired) electrons. The van der Waals surface area contributed by atoms with E-state index >= 15 is 0 Å². The maximum Gasteiger partial charge on any atom is 0.311 e. The first-order chi connectivity index (χ1) is 10.1. The Morgan fingerprint density at radius 2 is 2.18 bits per heavy atom. The number of hydrogen-bond donors (Lipinski definition) is 1. The predicted octanol–water partition coefficient (Wildman–Crippen LogP) is 2.72. The summed E-state index contributed by atoms with van der Waals surface area (Å²) in [5.41, 5.74) is -0.505. The highest BCUT2D eigenvalue weighted by atomic mass is 19.1. The third-order valence-corrected chi connectivity index (χ3v) is 4.02. The van der Waals surface area contributed by atoms with E-state index in [1.54, 1.807) is 12.3 Å². The normalized spacial score (nSPS) is 24.3. The van der Waals surface area contributed by atoms with E-state index in [1.165, 1.54) is 6.07 Å². The Balaban J connectivity index is 2.20. The maximum atomic E-state index is 13.8.